The number of fused-ring (bicyclic) bond motifs is 2. The summed E-state index contributed by atoms with van der Waals surface area (Å²) in [5.41, 5.74) is 5.53. The molecule has 4 N–H and O–H groups in total. The monoisotopic (exact) mass is 507 g/mol. The zero-order valence-corrected chi connectivity index (χ0v) is 21.7. The summed E-state index contributed by atoms with van der Waals surface area (Å²) in [6.45, 7) is 4.57. The van der Waals surface area contributed by atoms with Crippen LogP contribution < -0.4 is 26.9 Å². The number of hydrogen-bond donors (Lipinski definition) is 4. The second-order valence-corrected chi connectivity index (χ2v) is 8.68. The normalized spacial score (nSPS) is 13.4. The second-order valence-electron chi connectivity index (χ2n) is 8.68. The van der Waals surface area contributed by atoms with Crippen LogP contribution in [0.1, 0.15) is 52.1 Å². The molecule has 0 aromatic heterocycles. The summed E-state index contributed by atoms with van der Waals surface area (Å²) in [5, 5.41) is 18.0. The van der Waals surface area contributed by atoms with Crippen LogP contribution in [0.2, 0.25) is 6.32 Å². The van der Waals surface area contributed by atoms with Gasteiger partial charge < -0.3 is 30.4 Å². The lowest BCUT2D eigenvalue weighted by atomic mass is 9.63. The molecule has 0 aliphatic carbocycles. The molecule has 37 heavy (non-hydrogen) atoms. The van der Waals surface area contributed by atoms with E-state index in [0.29, 0.717) is 31.8 Å². The van der Waals surface area contributed by atoms with E-state index in [1.807, 2.05) is 25.1 Å². The molecule has 0 bridgehead atoms. The number of hydrogen-bond acceptors (Lipinski definition) is 7. The number of rotatable bonds is 8. The Hall–Kier alpha value is -3.27. The third kappa shape index (κ3) is 8.96. The summed E-state index contributed by atoms with van der Waals surface area (Å²) in [6.07, 6.45) is 4.16. The Morgan fingerprint density at radius 1 is 1.16 bits per heavy atom. The molecule has 9 nitrogen and oxygen atoms in total. The fraction of sp³-hybridized carbons (Fsp3) is 0.385. The maximum Gasteiger partial charge on any atom is 0.324 e. The SMILES string of the molecule is CC=O.CCCNC(=O)C(CNC(=O)c1ccc2c(c1)BOC2)NC.O=Cc1ccc2c(c1)B(O)CC2. The fourth-order valence-corrected chi connectivity index (χ4v) is 3.98. The molecule has 2 aliphatic rings. The van der Waals surface area contributed by atoms with E-state index in [9.17, 15) is 19.4 Å². The Balaban J connectivity index is 0.000000268. The number of carbonyl (C=O) groups excluding carboxylic acids is 4. The molecule has 0 fully saturated rings. The Morgan fingerprint density at radius 2 is 1.89 bits per heavy atom. The maximum atomic E-state index is 12.2. The summed E-state index contributed by atoms with van der Waals surface area (Å²) in [6, 6.07) is 10.6. The van der Waals surface area contributed by atoms with E-state index in [0.717, 1.165) is 48.2 Å². The van der Waals surface area contributed by atoms with E-state index >= 15 is 0 Å². The zero-order valence-electron chi connectivity index (χ0n) is 21.7. The number of nitrogens with one attached hydrogen (secondary N) is 3. The summed E-state index contributed by atoms with van der Waals surface area (Å²) < 4.78 is 5.34. The van der Waals surface area contributed by atoms with Crippen molar-refractivity contribution in [3.63, 3.8) is 0 Å². The average Bonchev–Trinajstić information content (AvgIpc) is 3.54. The largest absolute Gasteiger partial charge is 0.446 e. The maximum absolute atomic E-state index is 12.2. The molecule has 2 aromatic rings. The Kier molecular flexibility index (Phi) is 12.8. The number of carbonyl (C=O) groups is 4. The minimum atomic E-state index is -0.437. The van der Waals surface area contributed by atoms with Gasteiger partial charge in [-0.2, -0.15) is 0 Å². The highest BCUT2D eigenvalue weighted by molar-refractivity contribution is 6.68. The van der Waals surface area contributed by atoms with Crippen LogP contribution in [0.25, 0.3) is 0 Å². The van der Waals surface area contributed by atoms with Gasteiger partial charge in [0.15, 0.2) is 0 Å². The van der Waals surface area contributed by atoms with E-state index in [2.05, 4.69) is 16.0 Å². The third-order valence-corrected chi connectivity index (χ3v) is 6.02. The van der Waals surface area contributed by atoms with Crippen molar-refractivity contribution >= 4 is 49.7 Å². The van der Waals surface area contributed by atoms with E-state index < -0.39 is 6.04 Å². The Labute approximate surface area is 219 Å². The molecule has 0 radical (unpaired) electrons. The molecule has 2 aromatic carbocycles. The lowest BCUT2D eigenvalue weighted by Gasteiger charge is -2.16. The van der Waals surface area contributed by atoms with Crippen LogP contribution in [-0.2, 0) is 27.3 Å². The van der Waals surface area contributed by atoms with Crippen molar-refractivity contribution in [2.24, 2.45) is 0 Å². The van der Waals surface area contributed by atoms with Crippen LogP contribution in [0.3, 0.4) is 0 Å². The zero-order chi connectivity index (χ0) is 27.2. The second kappa shape index (κ2) is 15.8. The Bertz CT molecular complexity index is 1080. The molecule has 11 heteroatoms. The number of likely N-dealkylation sites (N-methyl/N-ethyl adjacent to an activating group) is 1. The van der Waals surface area contributed by atoms with Gasteiger partial charge in [0.25, 0.3) is 5.91 Å². The minimum Gasteiger partial charge on any atom is -0.446 e. The van der Waals surface area contributed by atoms with Gasteiger partial charge in [-0.1, -0.05) is 42.8 Å². The van der Waals surface area contributed by atoms with Crippen LogP contribution in [0.5, 0.6) is 0 Å². The van der Waals surface area contributed by atoms with E-state index in [-0.39, 0.29) is 25.3 Å². The van der Waals surface area contributed by atoms with E-state index in [1.165, 1.54) is 12.5 Å². The van der Waals surface area contributed by atoms with E-state index in [4.69, 9.17) is 9.45 Å². The molecule has 196 valence electrons. The van der Waals surface area contributed by atoms with Gasteiger partial charge >= 0.3 is 14.4 Å². The van der Waals surface area contributed by atoms with Gasteiger partial charge in [0, 0.05) is 24.2 Å². The van der Waals surface area contributed by atoms with Crippen molar-refractivity contribution in [1.82, 2.24) is 16.0 Å². The van der Waals surface area contributed by atoms with Crippen molar-refractivity contribution in [3.8, 4) is 0 Å². The van der Waals surface area contributed by atoms with Gasteiger partial charge in [0.1, 0.15) is 18.6 Å². The van der Waals surface area contributed by atoms with Crippen LogP contribution in [0, 0.1) is 0 Å². The summed E-state index contributed by atoms with van der Waals surface area (Å²) in [4.78, 5) is 43.3. The van der Waals surface area contributed by atoms with Gasteiger partial charge in [0.05, 0.1) is 6.61 Å². The number of benzene rings is 2. The highest BCUT2D eigenvalue weighted by atomic mass is 16.4. The number of amides is 2. The lowest BCUT2D eigenvalue weighted by molar-refractivity contribution is -0.122. The van der Waals surface area contributed by atoms with Gasteiger partial charge in [-0.3, -0.25) is 14.4 Å². The van der Waals surface area contributed by atoms with Gasteiger partial charge in [-0.05, 0) is 55.7 Å². The summed E-state index contributed by atoms with van der Waals surface area (Å²) >= 11 is 0. The van der Waals surface area contributed by atoms with Crippen molar-refractivity contribution < 1.29 is 28.9 Å². The molecule has 1 atom stereocenters. The van der Waals surface area contributed by atoms with Gasteiger partial charge in [0.2, 0.25) is 5.91 Å². The molecule has 0 spiro atoms. The Morgan fingerprint density at radius 3 is 2.57 bits per heavy atom. The van der Waals surface area contributed by atoms with Crippen molar-refractivity contribution in [3.05, 3.63) is 58.7 Å². The van der Waals surface area contributed by atoms with Gasteiger partial charge in [-0.15, -0.1) is 0 Å². The van der Waals surface area contributed by atoms with Crippen molar-refractivity contribution in [1.29, 1.82) is 0 Å². The molecule has 1 unspecified atom stereocenters. The smallest absolute Gasteiger partial charge is 0.324 e. The molecule has 0 saturated carbocycles. The topological polar surface area (TPSA) is 134 Å². The number of aldehydes is 2. The van der Waals surface area contributed by atoms with Crippen LogP contribution >= 0.6 is 0 Å². The molecular weight excluding hydrogens is 472 g/mol. The van der Waals surface area contributed by atoms with Crippen molar-refractivity contribution in [2.75, 3.05) is 20.1 Å². The lowest BCUT2D eigenvalue weighted by Crippen LogP contribution is -2.49. The first-order valence-electron chi connectivity index (χ1n) is 12.5. The molecular formula is C26H35B2N3O6. The first-order valence-corrected chi connectivity index (χ1v) is 12.5. The first-order chi connectivity index (χ1) is 17.9. The van der Waals surface area contributed by atoms with E-state index in [1.54, 1.807) is 25.2 Å². The predicted molar refractivity (Wildman–Crippen MR) is 146 cm³/mol. The highest BCUT2D eigenvalue weighted by Gasteiger charge is 2.24. The quantitative estimate of drug-likeness (QED) is 0.280. The minimum absolute atomic E-state index is 0.105. The first kappa shape index (κ1) is 30.0. The molecule has 0 saturated heterocycles. The standard InChI is InChI=1S/C15H22BN3O3.C9H9BO2.C2H4O/c1-3-6-18-15(21)13(17-2)8-19-14(20)10-4-5-11-9-22-16-12(11)7-10;11-6-7-1-2-8-3-4-10(12)9(8)5-7;1-2-3/h4-5,7,13,16-17H,3,6,8-9H2,1-2H3,(H,18,21)(H,19,20);1-2,5-6,12H,3-4H2;2H,1H3. The molecule has 4 rings (SSSR count). The third-order valence-electron chi connectivity index (χ3n) is 6.02. The average molecular weight is 507 g/mol. The highest BCUT2D eigenvalue weighted by Crippen LogP contribution is 2.13. The van der Waals surface area contributed by atoms with Gasteiger partial charge in [-0.25, -0.2) is 0 Å². The fourth-order valence-electron chi connectivity index (χ4n) is 3.98. The van der Waals surface area contributed by atoms with Crippen LogP contribution in [-0.4, -0.2) is 70.0 Å². The number of aryl methyl sites for hydroxylation is 1. The van der Waals surface area contributed by atoms with Crippen LogP contribution in [0.4, 0.5) is 0 Å². The molecule has 2 heterocycles. The molecule has 2 aliphatic heterocycles. The van der Waals surface area contributed by atoms with Crippen LogP contribution in [0.15, 0.2) is 36.4 Å². The summed E-state index contributed by atoms with van der Waals surface area (Å²) in [5.74, 6) is -0.287. The van der Waals surface area contributed by atoms with Crippen molar-refractivity contribution in [2.45, 2.75) is 45.7 Å². The summed E-state index contributed by atoms with van der Waals surface area (Å²) in [7, 11) is 2.25. The molecule has 2 amide bonds. The predicted octanol–water partition coefficient (Wildman–Crippen LogP) is -0.511.